The lowest BCUT2D eigenvalue weighted by atomic mass is 10.1. The Morgan fingerprint density at radius 3 is 2.90 bits per heavy atom. The molecule has 9 heteroatoms. The molecule has 1 fully saturated rings. The van der Waals surface area contributed by atoms with E-state index in [1.165, 1.54) is 0 Å². The number of hydrogen-bond acceptors (Lipinski definition) is 5. The molecule has 8 nitrogen and oxygen atoms in total. The predicted octanol–water partition coefficient (Wildman–Crippen LogP) is 2.58. The van der Waals surface area contributed by atoms with Gasteiger partial charge < -0.3 is 9.72 Å². The first-order chi connectivity index (χ1) is 14.0. The number of alkyl halides is 1. The summed E-state index contributed by atoms with van der Waals surface area (Å²) < 4.78 is 17.3. The van der Waals surface area contributed by atoms with Gasteiger partial charge in [-0.2, -0.15) is 5.10 Å². The highest BCUT2D eigenvalue weighted by Gasteiger charge is 2.32. The van der Waals surface area contributed by atoms with E-state index in [0.717, 1.165) is 16.6 Å². The van der Waals surface area contributed by atoms with Crippen LogP contribution < -0.4 is 5.32 Å². The molecule has 1 aromatic carbocycles. The zero-order chi connectivity index (χ0) is 20.1. The Morgan fingerprint density at radius 1 is 1.24 bits per heavy atom. The van der Waals surface area contributed by atoms with Crippen molar-refractivity contribution in [2.45, 2.75) is 18.6 Å². The van der Waals surface area contributed by atoms with Crippen molar-refractivity contribution in [3.63, 3.8) is 0 Å². The van der Waals surface area contributed by atoms with Crippen LogP contribution in [0, 0.1) is 0 Å². The molecule has 0 saturated carbocycles. The summed E-state index contributed by atoms with van der Waals surface area (Å²) in [6, 6.07) is 5.38. The second kappa shape index (κ2) is 6.63. The summed E-state index contributed by atoms with van der Waals surface area (Å²) >= 11 is 0. The van der Waals surface area contributed by atoms with Crippen molar-refractivity contribution < 1.29 is 9.18 Å². The van der Waals surface area contributed by atoms with Crippen LogP contribution in [0.2, 0.25) is 0 Å². The normalized spacial score (nSPS) is 20.0. The van der Waals surface area contributed by atoms with Crippen LogP contribution in [0.15, 0.2) is 43.0 Å². The molecule has 0 bridgehead atoms. The number of fused-ring (bicyclic) bond motifs is 2. The number of amides is 1. The van der Waals surface area contributed by atoms with Gasteiger partial charge in [0.15, 0.2) is 5.65 Å². The van der Waals surface area contributed by atoms with E-state index >= 15 is 0 Å². The highest BCUT2D eigenvalue weighted by Crippen LogP contribution is 2.31. The summed E-state index contributed by atoms with van der Waals surface area (Å²) in [6.07, 6.45) is 6.52. The summed E-state index contributed by atoms with van der Waals surface area (Å²) in [5, 5.41) is 7.91. The van der Waals surface area contributed by atoms with E-state index in [0.29, 0.717) is 30.0 Å². The van der Waals surface area contributed by atoms with Crippen molar-refractivity contribution in [1.82, 2.24) is 29.0 Å². The minimum absolute atomic E-state index is 0.0471. The molecule has 1 saturated heterocycles. The fraction of sp³-hybridized carbons (Fsp3) is 0.300. The van der Waals surface area contributed by atoms with Crippen LogP contribution in [0.4, 0.5) is 10.2 Å². The fourth-order valence-electron chi connectivity index (χ4n) is 3.92. The lowest BCUT2D eigenvalue weighted by Crippen LogP contribution is -2.18. The van der Waals surface area contributed by atoms with Crippen molar-refractivity contribution in [1.29, 1.82) is 0 Å². The van der Waals surface area contributed by atoms with E-state index in [1.54, 1.807) is 35.4 Å². The average Bonchev–Trinajstić information content (AvgIpc) is 3.37. The van der Waals surface area contributed by atoms with Crippen LogP contribution in [0.1, 0.15) is 28.5 Å². The summed E-state index contributed by atoms with van der Waals surface area (Å²) in [4.78, 5) is 23.5. The third-order valence-corrected chi connectivity index (χ3v) is 5.45. The van der Waals surface area contributed by atoms with Crippen LogP contribution in [-0.2, 0) is 7.05 Å². The van der Waals surface area contributed by atoms with Gasteiger partial charge in [0.25, 0.3) is 5.91 Å². The van der Waals surface area contributed by atoms with Gasteiger partial charge in [-0.15, -0.1) is 0 Å². The third-order valence-electron chi connectivity index (χ3n) is 5.45. The first-order valence-corrected chi connectivity index (χ1v) is 9.40. The Morgan fingerprint density at radius 2 is 2.10 bits per heavy atom. The van der Waals surface area contributed by atoms with E-state index in [4.69, 9.17) is 0 Å². The number of rotatable bonds is 3. The Labute approximate surface area is 166 Å². The number of carbonyl (C=O) groups is 1. The van der Waals surface area contributed by atoms with Crippen molar-refractivity contribution in [3.8, 4) is 0 Å². The summed E-state index contributed by atoms with van der Waals surface area (Å²) in [6.45, 7) is 0.416. The average molecular weight is 393 g/mol. The molecule has 148 valence electrons. The zero-order valence-electron chi connectivity index (χ0n) is 16.1. The zero-order valence-corrected chi connectivity index (χ0v) is 16.1. The van der Waals surface area contributed by atoms with Gasteiger partial charge in [-0.05, 0) is 25.2 Å². The maximum Gasteiger partial charge on any atom is 0.256 e. The van der Waals surface area contributed by atoms with Crippen LogP contribution in [0.5, 0.6) is 0 Å². The molecular weight excluding hydrogens is 373 g/mol. The number of halogens is 1. The Balaban J connectivity index is 1.39. The van der Waals surface area contributed by atoms with Crippen molar-refractivity contribution in [2.75, 3.05) is 18.9 Å². The highest BCUT2D eigenvalue weighted by molar-refractivity contribution is 6.05. The first-order valence-electron chi connectivity index (χ1n) is 9.40. The van der Waals surface area contributed by atoms with Crippen LogP contribution in [0.25, 0.3) is 16.6 Å². The number of imidazole rings is 1. The largest absolute Gasteiger partial charge is 0.305 e. The molecule has 2 atom stereocenters. The van der Waals surface area contributed by atoms with Gasteiger partial charge in [0.1, 0.15) is 12.0 Å². The minimum Gasteiger partial charge on any atom is -0.305 e. The molecular formula is C20H20FN7O. The highest BCUT2D eigenvalue weighted by atomic mass is 19.1. The maximum absolute atomic E-state index is 13.7. The maximum atomic E-state index is 13.7. The second-order valence-corrected chi connectivity index (χ2v) is 7.49. The number of aromatic nitrogens is 5. The monoisotopic (exact) mass is 393 g/mol. The van der Waals surface area contributed by atoms with Crippen LogP contribution >= 0.6 is 0 Å². The van der Waals surface area contributed by atoms with Gasteiger partial charge in [-0.25, -0.2) is 14.4 Å². The smallest absolute Gasteiger partial charge is 0.256 e. The van der Waals surface area contributed by atoms with Crippen molar-refractivity contribution in [2.24, 2.45) is 7.05 Å². The van der Waals surface area contributed by atoms with Crippen molar-refractivity contribution in [3.05, 3.63) is 54.2 Å². The molecule has 4 aromatic rings. The molecule has 0 unspecified atom stereocenters. The number of carbonyl (C=O) groups excluding carboxylic acids is 1. The molecule has 29 heavy (non-hydrogen) atoms. The quantitative estimate of drug-likeness (QED) is 0.579. The first kappa shape index (κ1) is 17.7. The predicted molar refractivity (Wildman–Crippen MR) is 107 cm³/mol. The summed E-state index contributed by atoms with van der Waals surface area (Å²) in [5.41, 5.74) is 2.95. The van der Waals surface area contributed by atoms with Crippen molar-refractivity contribution >= 4 is 28.3 Å². The Kier molecular flexibility index (Phi) is 4.06. The molecule has 5 rings (SSSR count). The number of likely N-dealkylation sites (tertiary alicyclic amines) is 1. The SMILES string of the molecule is CN1C[C@H](F)C[C@@H]1c1cn2cc(NC(=O)c3ccc4c(cnn4C)c3)ncc2n1. The second-order valence-electron chi connectivity index (χ2n) is 7.49. The molecule has 1 aliphatic rings. The number of nitrogens with one attached hydrogen (secondary N) is 1. The Hall–Kier alpha value is -3.33. The third kappa shape index (κ3) is 3.13. The van der Waals surface area contributed by atoms with Crippen LogP contribution in [-0.4, -0.2) is 54.7 Å². The lowest BCUT2D eigenvalue weighted by Gasteiger charge is -2.15. The lowest BCUT2D eigenvalue weighted by molar-refractivity contribution is 0.102. The van der Waals surface area contributed by atoms with E-state index < -0.39 is 6.17 Å². The van der Waals surface area contributed by atoms with E-state index in [9.17, 15) is 9.18 Å². The summed E-state index contributed by atoms with van der Waals surface area (Å²) in [5.74, 6) is 0.166. The fourth-order valence-corrected chi connectivity index (χ4v) is 3.92. The number of hydrogen-bond donors (Lipinski definition) is 1. The van der Waals surface area contributed by atoms with E-state index in [2.05, 4.69) is 20.4 Å². The molecule has 0 aliphatic carbocycles. The number of anilines is 1. The molecule has 0 spiro atoms. The van der Waals surface area contributed by atoms with Gasteiger partial charge in [0.05, 0.1) is 35.8 Å². The molecule has 3 aromatic heterocycles. The van der Waals surface area contributed by atoms with Crippen LogP contribution in [0.3, 0.4) is 0 Å². The van der Waals surface area contributed by atoms with E-state index in [-0.39, 0.29) is 11.9 Å². The van der Waals surface area contributed by atoms with Gasteiger partial charge >= 0.3 is 0 Å². The molecule has 1 amide bonds. The van der Waals surface area contributed by atoms with Gasteiger partial charge in [0, 0.05) is 37.2 Å². The summed E-state index contributed by atoms with van der Waals surface area (Å²) in [7, 11) is 3.76. The number of nitrogens with zero attached hydrogens (tertiary/aromatic N) is 6. The minimum atomic E-state index is -0.833. The van der Waals surface area contributed by atoms with E-state index in [1.807, 2.05) is 35.7 Å². The number of benzene rings is 1. The van der Waals surface area contributed by atoms with Gasteiger partial charge in [-0.3, -0.25) is 14.4 Å². The van der Waals surface area contributed by atoms with Gasteiger partial charge in [-0.1, -0.05) is 0 Å². The Bertz CT molecular complexity index is 1230. The number of aryl methyl sites for hydroxylation is 1. The topological polar surface area (TPSA) is 80.4 Å². The molecule has 4 heterocycles. The van der Waals surface area contributed by atoms with Gasteiger partial charge in [0.2, 0.25) is 0 Å². The molecule has 0 radical (unpaired) electrons. The standard InChI is InChI=1S/C20H20FN7O/c1-26-9-14(21)6-17(26)15-10-28-11-18(22-8-19(28)24-15)25-20(29)12-3-4-16-13(5-12)7-23-27(16)2/h3-5,7-8,10-11,14,17H,6,9H2,1-2H3,(H,25,29)/t14-,17-/m1/s1. The molecule has 1 aliphatic heterocycles. The molecule has 1 N–H and O–H groups in total.